The Morgan fingerprint density at radius 1 is 0.598 bits per heavy atom. The SMILES string of the molecule is C.CCc1nc2ccc(-c3cnc(N4CC(C(=O)NC5CNC5)C4)nc3)cn2c1N(C)c1nc(-c2ccc(F)cc2)c(C#N)s1.CCc1nc2ccc(-c3cnc(N4CC(C(=O)NC5CNC5)C4)nc3)cn2c1N(C)c1nc(-c2ccc(F)cc2)c(C#N)s1.Cl.[2H]CC. The lowest BCUT2D eigenvalue weighted by molar-refractivity contribution is -0.127. The van der Waals surface area contributed by atoms with Crippen LogP contribution in [0.1, 0.15) is 57.6 Å². The van der Waals surface area contributed by atoms with Crippen molar-refractivity contribution in [3.63, 3.8) is 0 Å². The smallest absolute Gasteiger partial charge is 0.227 e. The molecule has 92 heavy (non-hydrogen) atoms. The van der Waals surface area contributed by atoms with Crippen LogP contribution in [0.3, 0.4) is 0 Å². The zero-order valence-corrected chi connectivity index (χ0v) is 52.9. The molecule has 0 bridgehead atoms. The van der Waals surface area contributed by atoms with E-state index in [9.17, 15) is 28.9 Å². The number of rotatable bonds is 16. The van der Waals surface area contributed by atoms with Crippen LogP contribution in [0.5, 0.6) is 0 Å². The highest BCUT2D eigenvalue weighted by molar-refractivity contribution is 7.17. The van der Waals surface area contributed by atoms with Crippen LogP contribution in [0.2, 0.25) is 0 Å². The maximum absolute atomic E-state index is 13.5. The number of nitrogens with zero attached hydrogens (tertiary/aromatic N) is 16. The van der Waals surface area contributed by atoms with E-state index in [1.54, 1.807) is 56.0 Å². The van der Waals surface area contributed by atoms with Crippen LogP contribution in [0.25, 0.3) is 56.1 Å². The number of hydrogen-bond acceptors (Lipinski definition) is 20. The number of fused-ring (bicyclic) bond motifs is 2. The minimum Gasteiger partial charge on any atom is -0.350 e. The first-order valence-corrected chi connectivity index (χ1v) is 31.2. The molecule has 22 nitrogen and oxygen atoms in total. The number of imidazole rings is 2. The van der Waals surface area contributed by atoms with E-state index in [-0.39, 0.29) is 67.2 Å². The van der Waals surface area contributed by atoms with Gasteiger partial charge in [-0.25, -0.2) is 48.7 Å². The molecule has 474 valence electrons. The lowest BCUT2D eigenvalue weighted by atomic mass is 9.98. The number of pyridine rings is 2. The van der Waals surface area contributed by atoms with Gasteiger partial charge in [-0.15, -0.1) is 12.4 Å². The molecule has 27 heteroatoms. The summed E-state index contributed by atoms with van der Waals surface area (Å²) < 4.78 is 37.3. The minimum absolute atomic E-state index is 0. The molecule has 2 amide bonds. The van der Waals surface area contributed by atoms with Gasteiger partial charge in [0.2, 0.25) is 23.7 Å². The maximum Gasteiger partial charge on any atom is 0.227 e. The molecule has 8 aromatic heterocycles. The molecule has 0 atom stereocenters. The van der Waals surface area contributed by atoms with Crippen LogP contribution in [-0.4, -0.2) is 139 Å². The number of nitrogens with one attached hydrogen (secondary N) is 4. The molecule has 0 radical (unpaired) electrons. The fourth-order valence-corrected chi connectivity index (χ4v) is 12.5. The highest BCUT2D eigenvalue weighted by Gasteiger charge is 2.37. The van der Waals surface area contributed by atoms with E-state index < -0.39 is 0 Å². The van der Waals surface area contributed by atoms with Gasteiger partial charge in [0.25, 0.3) is 0 Å². The largest absolute Gasteiger partial charge is 0.350 e. The first-order chi connectivity index (χ1) is 44.2. The van der Waals surface area contributed by atoms with Gasteiger partial charge in [-0.05, 0) is 85.6 Å². The second kappa shape index (κ2) is 28.3. The summed E-state index contributed by atoms with van der Waals surface area (Å²) in [6.07, 6.45) is 12.6. The number of aryl methyl sites for hydroxylation is 2. The predicted octanol–water partition coefficient (Wildman–Crippen LogP) is 9.64. The minimum atomic E-state index is -0.343. The number of carbonyl (C=O) groups excluding carboxylic acids is 2. The van der Waals surface area contributed by atoms with Crippen LogP contribution in [0, 0.1) is 46.1 Å². The molecular weight excluding hydrogens is 1230 g/mol. The quantitative estimate of drug-likeness (QED) is 0.0702. The molecule has 14 rings (SSSR count). The predicted molar refractivity (Wildman–Crippen MR) is 358 cm³/mol. The summed E-state index contributed by atoms with van der Waals surface area (Å²) in [5, 5.41) is 33.4. The summed E-state index contributed by atoms with van der Waals surface area (Å²) in [6.45, 7) is 12.2. The van der Waals surface area contributed by atoms with E-state index in [1.165, 1.54) is 46.9 Å². The highest BCUT2D eigenvalue weighted by Crippen LogP contribution is 2.40. The molecule has 4 aliphatic heterocycles. The van der Waals surface area contributed by atoms with Crippen molar-refractivity contribution in [1.82, 2.24) is 69.9 Å². The Balaban J connectivity index is 0.000000191. The summed E-state index contributed by atoms with van der Waals surface area (Å²) in [5.74, 6) is 2.32. The van der Waals surface area contributed by atoms with Gasteiger partial charge < -0.3 is 40.9 Å². The van der Waals surface area contributed by atoms with Gasteiger partial charge in [0.05, 0.1) is 35.3 Å². The molecule has 0 unspecified atom stereocenters. The van der Waals surface area contributed by atoms with Crippen molar-refractivity contribution in [2.24, 2.45) is 11.8 Å². The number of aromatic nitrogens is 10. The average Bonchev–Trinajstić information content (AvgIpc) is 1.69. The summed E-state index contributed by atoms with van der Waals surface area (Å²) in [5.41, 5.74) is 9.27. The summed E-state index contributed by atoms with van der Waals surface area (Å²) in [7, 11) is 3.82. The Labute approximate surface area is 546 Å². The molecule has 4 fully saturated rings. The maximum atomic E-state index is 13.5. The van der Waals surface area contributed by atoms with Crippen molar-refractivity contribution in [2.45, 2.75) is 60.0 Å². The van der Waals surface area contributed by atoms with Crippen molar-refractivity contribution in [1.29, 1.82) is 10.5 Å². The monoisotopic (exact) mass is 1300 g/mol. The number of carbonyl (C=O) groups is 2. The van der Waals surface area contributed by atoms with Crippen molar-refractivity contribution in [3.8, 4) is 56.9 Å². The van der Waals surface area contributed by atoms with Crippen LogP contribution in [-0.2, 0) is 22.4 Å². The molecule has 4 N–H and O–H groups in total. The topological polar surface area (TPSA) is 255 Å². The van der Waals surface area contributed by atoms with E-state index in [0.29, 0.717) is 100 Å². The van der Waals surface area contributed by atoms with E-state index in [4.69, 9.17) is 21.3 Å². The highest BCUT2D eigenvalue weighted by atomic mass is 35.5. The van der Waals surface area contributed by atoms with Gasteiger partial charge in [0, 0.05) is 138 Å². The van der Waals surface area contributed by atoms with Crippen molar-refractivity contribution >= 4 is 92.0 Å². The number of nitriles is 2. The number of anilines is 6. The fourth-order valence-electron chi connectivity index (χ4n) is 10.8. The first-order valence-electron chi connectivity index (χ1n) is 30.2. The molecular formula is C65H69ClF2N20O2S2. The summed E-state index contributed by atoms with van der Waals surface area (Å²) >= 11 is 2.56. The molecule has 12 heterocycles. The zero-order valence-electron chi connectivity index (χ0n) is 51.4. The third kappa shape index (κ3) is 13.2. The van der Waals surface area contributed by atoms with Crippen molar-refractivity contribution in [3.05, 3.63) is 143 Å². The third-order valence-electron chi connectivity index (χ3n) is 16.1. The second-order valence-electron chi connectivity index (χ2n) is 21.9. The van der Waals surface area contributed by atoms with Crippen molar-refractivity contribution in [2.75, 3.05) is 86.1 Å². The number of halogens is 3. The molecule has 0 spiro atoms. The van der Waals surface area contributed by atoms with Crippen LogP contribution < -0.4 is 40.9 Å². The Morgan fingerprint density at radius 2 is 0.946 bits per heavy atom. The molecule has 2 aromatic carbocycles. The van der Waals surface area contributed by atoms with Gasteiger partial charge in [-0.1, -0.05) is 57.8 Å². The van der Waals surface area contributed by atoms with Crippen LogP contribution in [0.4, 0.5) is 42.6 Å². The molecule has 4 aliphatic rings. The normalized spacial score (nSPS) is 14.6. The standard InChI is InChI=1S/2C31H29FN10OS.C2H6.CH4.ClH/c2*1-3-24-29(40(2)31-39-27(25(10-33)44-31)18-4-7-22(32)8-5-18)42-17-19(6-9-26(42)38-24)20-11-35-30(36-12-20)41-15-21(16-41)28(43)37-23-13-34-14-23;1-2;;/h2*4-9,11-12,17,21,23,34H,3,13-16H2,1-2H3,(H,37,43);1-2H3;1H4;1H/i;;1D;;. The van der Waals surface area contributed by atoms with Crippen LogP contribution >= 0.6 is 35.1 Å². The third-order valence-corrected chi connectivity index (χ3v) is 18.2. The fraction of sp³-hybridized carbons (Fsp3) is 0.323. The first kappa shape index (κ1) is 64.0. The van der Waals surface area contributed by atoms with E-state index >= 15 is 0 Å². The number of thiazole rings is 2. The molecule has 4 saturated heterocycles. The van der Waals surface area contributed by atoms with Gasteiger partial charge >= 0.3 is 0 Å². The Bertz CT molecular complexity index is 4090. The Kier molecular flexibility index (Phi) is 19.7. The van der Waals surface area contributed by atoms with E-state index in [0.717, 1.165) is 82.8 Å². The second-order valence-corrected chi connectivity index (χ2v) is 23.9. The van der Waals surface area contributed by atoms with E-state index in [2.05, 4.69) is 53.3 Å². The van der Waals surface area contributed by atoms with Gasteiger partial charge in [-0.3, -0.25) is 18.4 Å². The zero-order chi connectivity index (χ0) is 63.4. The molecule has 0 saturated carbocycles. The number of hydrogen-bond donors (Lipinski definition) is 4. The number of benzene rings is 2. The van der Waals surface area contributed by atoms with Gasteiger partial charge in [0.1, 0.15) is 67.8 Å². The Hall–Kier alpha value is -9.57. The summed E-state index contributed by atoms with van der Waals surface area (Å²) in [4.78, 5) is 71.3. The lowest BCUT2D eigenvalue weighted by Gasteiger charge is -2.39. The summed E-state index contributed by atoms with van der Waals surface area (Å²) in [6, 6.07) is 24.9. The molecule has 0 aliphatic carbocycles. The lowest BCUT2D eigenvalue weighted by Crippen LogP contribution is -2.61. The average molecular weight is 1300 g/mol. The van der Waals surface area contributed by atoms with Gasteiger partial charge in [0.15, 0.2) is 10.3 Å². The van der Waals surface area contributed by atoms with Crippen LogP contribution in [0.15, 0.2) is 110 Å². The van der Waals surface area contributed by atoms with E-state index in [1.807, 2.05) is 93.0 Å². The van der Waals surface area contributed by atoms with Gasteiger partial charge in [-0.2, -0.15) is 10.5 Å². The molecule has 10 aromatic rings. The van der Waals surface area contributed by atoms with Crippen molar-refractivity contribution < 1.29 is 19.7 Å². The Morgan fingerprint density at radius 3 is 1.26 bits per heavy atom. The number of amides is 2.